The van der Waals surface area contributed by atoms with Crippen molar-refractivity contribution < 1.29 is 18.0 Å². The van der Waals surface area contributed by atoms with Crippen molar-refractivity contribution in [2.75, 3.05) is 5.32 Å². The SMILES string of the molecule is O=C(Nc1ccccc1F)c1nnc(-c2cccc(F)c2)o1. The summed E-state index contributed by atoms with van der Waals surface area (Å²) in [6, 6.07) is 11.2. The lowest BCUT2D eigenvalue weighted by molar-refractivity contribution is 0.0990. The molecule has 0 saturated carbocycles. The van der Waals surface area contributed by atoms with Gasteiger partial charge in [-0.15, -0.1) is 10.2 Å². The van der Waals surface area contributed by atoms with E-state index in [0.29, 0.717) is 5.56 Å². The third-order valence-corrected chi connectivity index (χ3v) is 2.81. The fourth-order valence-electron chi connectivity index (χ4n) is 1.79. The summed E-state index contributed by atoms with van der Waals surface area (Å²) < 4.78 is 31.8. The fourth-order valence-corrected chi connectivity index (χ4v) is 1.79. The summed E-state index contributed by atoms with van der Waals surface area (Å²) in [7, 11) is 0. The minimum Gasteiger partial charge on any atom is -0.412 e. The summed E-state index contributed by atoms with van der Waals surface area (Å²) in [5.41, 5.74) is 0.343. The maximum absolute atomic E-state index is 13.5. The van der Waals surface area contributed by atoms with Gasteiger partial charge in [-0.2, -0.15) is 0 Å². The number of nitrogens with one attached hydrogen (secondary N) is 1. The van der Waals surface area contributed by atoms with Crippen molar-refractivity contribution in [3.63, 3.8) is 0 Å². The average Bonchev–Trinajstić information content (AvgIpc) is 2.99. The molecule has 5 nitrogen and oxygen atoms in total. The number of rotatable bonds is 3. The first-order valence-electron chi connectivity index (χ1n) is 6.29. The Labute approximate surface area is 123 Å². The van der Waals surface area contributed by atoms with Gasteiger partial charge in [0.1, 0.15) is 11.6 Å². The number of hydrogen-bond donors (Lipinski definition) is 1. The van der Waals surface area contributed by atoms with E-state index in [1.54, 1.807) is 12.1 Å². The zero-order chi connectivity index (χ0) is 15.5. The summed E-state index contributed by atoms with van der Waals surface area (Å²) >= 11 is 0. The Morgan fingerprint density at radius 3 is 2.64 bits per heavy atom. The van der Waals surface area contributed by atoms with Gasteiger partial charge in [-0.05, 0) is 30.3 Å². The molecule has 0 aliphatic rings. The average molecular weight is 301 g/mol. The van der Waals surface area contributed by atoms with Crippen LogP contribution >= 0.6 is 0 Å². The van der Waals surface area contributed by atoms with E-state index in [4.69, 9.17) is 4.42 Å². The number of carbonyl (C=O) groups is 1. The van der Waals surface area contributed by atoms with Gasteiger partial charge in [-0.25, -0.2) is 8.78 Å². The van der Waals surface area contributed by atoms with Gasteiger partial charge in [0.05, 0.1) is 5.69 Å². The van der Waals surface area contributed by atoms with E-state index in [2.05, 4.69) is 15.5 Å². The third-order valence-electron chi connectivity index (χ3n) is 2.81. The molecule has 0 bridgehead atoms. The molecule has 110 valence electrons. The lowest BCUT2D eigenvalue weighted by Gasteiger charge is -2.02. The molecule has 1 N–H and O–H groups in total. The Hall–Kier alpha value is -3.09. The topological polar surface area (TPSA) is 68.0 Å². The quantitative estimate of drug-likeness (QED) is 0.806. The monoisotopic (exact) mass is 301 g/mol. The normalized spacial score (nSPS) is 10.5. The maximum atomic E-state index is 13.5. The number of hydrogen-bond acceptors (Lipinski definition) is 4. The number of para-hydroxylation sites is 1. The summed E-state index contributed by atoms with van der Waals surface area (Å²) in [5.74, 6) is -2.14. The fraction of sp³-hybridized carbons (Fsp3) is 0. The minimum absolute atomic E-state index is 0.00168. The summed E-state index contributed by atoms with van der Waals surface area (Å²) in [4.78, 5) is 11.9. The highest BCUT2D eigenvalue weighted by atomic mass is 19.1. The second-order valence-corrected chi connectivity index (χ2v) is 4.36. The molecule has 3 rings (SSSR count). The summed E-state index contributed by atoms with van der Waals surface area (Å²) in [6.45, 7) is 0. The number of nitrogens with zero attached hydrogens (tertiary/aromatic N) is 2. The summed E-state index contributed by atoms with van der Waals surface area (Å²) in [5, 5.41) is 9.57. The van der Waals surface area contributed by atoms with E-state index < -0.39 is 17.5 Å². The molecule has 2 aromatic carbocycles. The third kappa shape index (κ3) is 2.83. The van der Waals surface area contributed by atoms with Crippen LogP contribution in [0, 0.1) is 11.6 Å². The standard InChI is InChI=1S/C15H9F2N3O2/c16-10-5-3-4-9(8-10)14-19-20-15(22-14)13(21)18-12-7-2-1-6-11(12)17/h1-8H,(H,18,21). The summed E-state index contributed by atoms with van der Waals surface area (Å²) in [6.07, 6.45) is 0. The molecule has 0 spiro atoms. The predicted molar refractivity (Wildman–Crippen MR) is 74.0 cm³/mol. The highest BCUT2D eigenvalue weighted by Gasteiger charge is 2.17. The molecule has 0 atom stereocenters. The van der Waals surface area contributed by atoms with Crippen LogP contribution < -0.4 is 5.32 Å². The van der Waals surface area contributed by atoms with E-state index in [9.17, 15) is 13.6 Å². The lowest BCUT2D eigenvalue weighted by Crippen LogP contribution is -2.13. The van der Waals surface area contributed by atoms with Crippen molar-refractivity contribution in [2.24, 2.45) is 0 Å². The van der Waals surface area contributed by atoms with Crippen LogP contribution in [0.3, 0.4) is 0 Å². The van der Waals surface area contributed by atoms with Gasteiger partial charge >= 0.3 is 11.8 Å². The highest BCUT2D eigenvalue weighted by molar-refractivity contribution is 6.01. The van der Waals surface area contributed by atoms with Crippen LogP contribution in [0.4, 0.5) is 14.5 Å². The molecule has 0 fully saturated rings. The second-order valence-electron chi connectivity index (χ2n) is 4.36. The van der Waals surface area contributed by atoms with Gasteiger partial charge in [0, 0.05) is 5.56 Å². The molecule has 1 aromatic heterocycles. The van der Waals surface area contributed by atoms with Crippen molar-refractivity contribution in [3.05, 3.63) is 66.1 Å². The molecule has 3 aromatic rings. The molecule has 1 heterocycles. The Kier molecular flexibility index (Phi) is 3.61. The smallest absolute Gasteiger partial charge is 0.313 e. The second kappa shape index (κ2) is 5.72. The molecule has 7 heteroatoms. The zero-order valence-electron chi connectivity index (χ0n) is 11.1. The van der Waals surface area contributed by atoms with Crippen LogP contribution in [0.15, 0.2) is 52.9 Å². The first-order chi connectivity index (χ1) is 10.6. The largest absolute Gasteiger partial charge is 0.412 e. The van der Waals surface area contributed by atoms with E-state index in [-0.39, 0.29) is 17.5 Å². The Balaban J connectivity index is 1.82. The molecule has 0 aliphatic heterocycles. The van der Waals surface area contributed by atoms with Crippen LogP contribution in [0.5, 0.6) is 0 Å². The van der Waals surface area contributed by atoms with Gasteiger partial charge in [-0.3, -0.25) is 4.79 Å². The van der Waals surface area contributed by atoms with Crippen LogP contribution in [0.25, 0.3) is 11.5 Å². The number of benzene rings is 2. The van der Waals surface area contributed by atoms with Gasteiger partial charge in [0.2, 0.25) is 5.89 Å². The number of anilines is 1. The number of aromatic nitrogens is 2. The van der Waals surface area contributed by atoms with Crippen molar-refractivity contribution in [1.29, 1.82) is 0 Å². The van der Waals surface area contributed by atoms with Crippen LogP contribution in [-0.2, 0) is 0 Å². The van der Waals surface area contributed by atoms with Crippen molar-refractivity contribution in [1.82, 2.24) is 10.2 Å². The van der Waals surface area contributed by atoms with Gasteiger partial charge in [-0.1, -0.05) is 18.2 Å². The van der Waals surface area contributed by atoms with Crippen LogP contribution in [-0.4, -0.2) is 16.1 Å². The molecule has 0 saturated heterocycles. The Morgan fingerprint density at radius 2 is 1.86 bits per heavy atom. The van der Waals surface area contributed by atoms with Crippen molar-refractivity contribution in [2.45, 2.75) is 0 Å². The molecule has 0 radical (unpaired) electrons. The first-order valence-corrected chi connectivity index (χ1v) is 6.29. The predicted octanol–water partition coefficient (Wildman–Crippen LogP) is 3.27. The molecular formula is C15H9F2N3O2. The van der Waals surface area contributed by atoms with E-state index in [1.807, 2.05) is 0 Å². The number of amides is 1. The number of carbonyl (C=O) groups excluding carboxylic acids is 1. The molecule has 1 amide bonds. The highest BCUT2D eigenvalue weighted by Crippen LogP contribution is 2.19. The van der Waals surface area contributed by atoms with Crippen molar-refractivity contribution in [3.8, 4) is 11.5 Å². The maximum Gasteiger partial charge on any atom is 0.313 e. The number of halogens is 2. The lowest BCUT2D eigenvalue weighted by atomic mass is 10.2. The Morgan fingerprint density at radius 1 is 1.05 bits per heavy atom. The molecular weight excluding hydrogens is 292 g/mol. The minimum atomic E-state index is -0.750. The van der Waals surface area contributed by atoms with Gasteiger partial charge in [0.15, 0.2) is 0 Å². The van der Waals surface area contributed by atoms with Gasteiger partial charge < -0.3 is 9.73 Å². The van der Waals surface area contributed by atoms with Gasteiger partial charge in [0.25, 0.3) is 0 Å². The van der Waals surface area contributed by atoms with Crippen molar-refractivity contribution >= 4 is 11.6 Å². The van der Waals surface area contributed by atoms with Crippen LogP contribution in [0.1, 0.15) is 10.7 Å². The Bertz CT molecular complexity index is 833. The first kappa shape index (κ1) is 13.9. The molecule has 0 aliphatic carbocycles. The van der Waals surface area contributed by atoms with Crippen LogP contribution in [0.2, 0.25) is 0 Å². The van der Waals surface area contributed by atoms with E-state index in [1.165, 1.54) is 36.4 Å². The van der Waals surface area contributed by atoms with E-state index >= 15 is 0 Å². The molecule has 22 heavy (non-hydrogen) atoms. The molecule has 0 unspecified atom stereocenters. The zero-order valence-corrected chi connectivity index (χ0v) is 11.1. The van der Waals surface area contributed by atoms with E-state index in [0.717, 1.165) is 0 Å².